The van der Waals surface area contributed by atoms with Crippen molar-refractivity contribution in [1.82, 2.24) is 0 Å². The van der Waals surface area contributed by atoms with E-state index in [9.17, 15) is 9.90 Å². The molecule has 4 nitrogen and oxygen atoms in total. The third kappa shape index (κ3) is 2.00. The van der Waals surface area contributed by atoms with Gasteiger partial charge in [0.25, 0.3) is 5.91 Å². The lowest BCUT2D eigenvalue weighted by atomic mass is 9.93. The van der Waals surface area contributed by atoms with E-state index in [0.29, 0.717) is 13.0 Å². The molecule has 1 fully saturated rings. The normalized spacial score (nSPS) is 23.0. The summed E-state index contributed by atoms with van der Waals surface area (Å²) in [6, 6.07) is 13.1. The molecule has 2 N–H and O–H groups in total. The molecular formula is C17H15BrN2O2. The zero-order chi connectivity index (χ0) is 15.3. The highest BCUT2D eigenvalue weighted by Gasteiger charge is 2.50. The van der Waals surface area contributed by atoms with Crippen molar-refractivity contribution >= 4 is 33.2 Å². The van der Waals surface area contributed by atoms with Crippen LogP contribution in [0.4, 0.5) is 11.4 Å². The van der Waals surface area contributed by atoms with Crippen molar-refractivity contribution in [3.05, 3.63) is 52.5 Å². The molecule has 1 spiro atoms. The summed E-state index contributed by atoms with van der Waals surface area (Å²) in [5.41, 5.74) is 2.31. The molecule has 4 rings (SSSR count). The highest BCUT2D eigenvalue weighted by molar-refractivity contribution is 9.10. The molecule has 2 aliphatic rings. The zero-order valence-electron chi connectivity index (χ0n) is 11.8. The molecule has 2 aliphatic heterocycles. The number of phenolic OH excluding ortho intramolecular Hbond substituents is 1. The first-order chi connectivity index (χ1) is 10.6. The molecule has 1 unspecified atom stereocenters. The minimum Gasteiger partial charge on any atom is -0.508 e. The molecule has 0 aliphatic carbocycles. The summed E-state index contributed by atoms with van der Waals surface area (Å²) >= 11 is 3.42. The Hall–Kier alpha value is -2.01. The molecule has 1 atom stereocenters. The van der Waals surface area contributed by atoms with Crippen LogP contribution in [0.2, 0.25) is 0 Å². The molecule has 0 aromatic heterocycles. The number of nitrogens with one attached hydrogen (secondary N) is 1. The molecule has 2 aromatic rings. The van der Waals surface area contributed by atoms with Gasteiger partial charge in [-0.2, -0.15) is 0 Å². The lowest BCUT2D eigenvalue weighted by molar-refractivity contribution is -0.120. The van der Waals surface area contributed by atoms with Crippen LogP contribution in [0.1, 0.15) is 12.0 Å². The second kappa shape index (κ2) is 4.74. The predicted octanol–water partition coefficient (Wildman–Crippen LogP) is 3.30. The fourth-order valence-corrected chi connectivity index (χ4v) is 3.64. The Kier molecular flexibility index (Phi) is 2.94. The van der Waals surface area contributed by atoms with Crippen LogP contribution in [0.3, 0.4) is 0 Å². The number of halogens is 1. The number of hydrogen-bond donors (Lipinski definition) is 2. The van der Waals surface area contributed by atoms with Gasteiger partial charge in [0, 0.05) is 34.9 Å². The molecule has 0 saturated carbocycles. The molecule has 5 heteroatoms. The van der Waals surface area contributed by atoms with Crippen LogP contribution in [0.15, 0.2) is 46.9 Å². The average Bonchev–Trinajstić information content (AvgIpc) is 3.01. The summed E-state index contributed by atoms with van der Waals surface area (Å²) in [6.07, 6.45) is 1.44. The second-order valence-electron chi connectivity index (χ2n) is 5.91. The van der Waals surface area contributed by atoms with Gasteiger partial charge in [-0.15, -0.1) is 0 Å². The van der Waals surface area contributed by atoms with E-state index in [-0.39, 0.29) is 11.7 Å². The predicted molar refractivity (Wildman–Crippen MR) is 89.3 cm³/mol. The van der Waals surface area contributed by atoms with E-state index >= 15 is 0 Å². The number of fused-ring (bicyclic) bond motifs is 1. The van der Waals surface area contributed by atoms with Crippen molar-refractivity contribution in [3.8, 4) is 5.75 Å². The van der Waals surface area contributed by atoms with Gasteiger partial charge in [-0.25, -0.2) is 0 Å². The summed E-state index contributed by atoms with van der Waals surface area (Å²) in [5.74, 6) is 0.323. The number of anilines is 2. The number of aromatic hydroxyl groups is 1. The van der Waals surface area contributed by atoms with Crippen LogP contribution in [-0.2, 0) is 11.2 Å². The SMILES string of the molecule is O=C1N(c2ccc(Br)cc2)CCC12Cc1ccc(O)cc1N2. The lowest BCUT2D eigenvalue weighted by Gasteiger charge is -2.24. The Morgan fingerprint density at radius 1 is 1.18 bits per heavy atom. The maximum absolute atomic E-state index is 13.0. The number of hydrogen-bond acceptors (Lipinski definition) is 3. The summed E-state index contributed by atoms with van der Waals surface area (Å²) in [4.78, 5) is 14.8. The van der Waals surface area contributed by atoms with Crippen LogP contribution < -0.4 is 10.2 Å². The number of nitrogens with zero attached hydrogens (tertiary/aromatic N) is 1. The summed E-state index contributed by atoms with van der Waals surface area (Å²) in [5, 5.41) is 13.0. The van der Waals surface area contributed by atoms with Gasteiger partial charge in [0.05, 0.1) is 0 Å². The van der Waals surface area contributed by atoms with Crippen LogP contribution in [0.5, 0.6) is 5.75 Å². The Morgan fingerprint density at radius 3 is 2.73 bits per heavy atom. The van der Waals surface area contributed by atoms with Crippen LogP contribution in [-0.4, -0.2) is 23.1 Å². The fraction of sp³-hybridized carbons (Fsp3) is 0.235. The monoisotopic (exact) mass is 358 g/mol. The summed E-state index contributed by atoms with van der Waals surface area (Å²) in [7, 11) is 0. The van der Waals surface area contributed by atoms with E-state index in [1.165, 1.54) is 0 Å². The third-order valence-electron chi connectivity index (χ3n) is 4.51. The fourth-order valence-electron chi connectivity index (χ4n) is 3.38. The van der Waals surface area contributed by atoms with Gasteiger partial charge in [-0.3, -0.25) is 4.79 Å². The maximum Gasteiger partial charge on any atom is 0.253 e. The van der Waals surface area contributed by atoms with E-state index in [4.69, 9.17) is 0 Å². The Balaban J connectivity index is 1.64. The van der Waals surface area contributed by atoms with Crippen molar-refractivity contribution < 1.29 is 9.90 Å². The van der Waals surface area contributed by atoms with Gasteiger partial charge in [0.1, 0.15) is 11.3 Å². The zero-order valence-corrected chi connectivity index (χ0v) is 13.4. The number of phenols is 1. The average molecular weight is 359 g/mol. The van der Waals surface area contributed by atoms with Crippen molar-refractivity contribution in [1.29, 1.82) is 0 Å². The van der Waals surface area contributed by atoms with E-state index in [1.807, 2.05) is 35.2 Å². The van der Waals surface area contributed by atoms with Crippen molar-refractivity contribution in [3.63, 3.8) is 0 Å². The van der Waals surface area contributed by atoms with Crippen LogP contribution >= 0.6 is 15.9 Å². The van der Waals surface area contributed by atoms with E-state index in [0.717, 1.165) is 27.8 Å². The molecule has 22 heavy (non-hydrogen) atoms. The largest absolute Gasteiger partial charge is 0.508 e. The number of carbonyl (C=O) groups is 1. The quantitative estimate of drug-likeness (QED) is 0.822. The second-order valence-corrected chi connectivity index (χ2v) is 6.82. The summed E-state index contributed by atoms with van der Waals surface area (Å²) < 4.78 is 1.000. The molecular weight excluding hydrogens is 344 g/mol. The minimum atomic E-state index is -0.566. The molecule has 1 saturated heterocycles. The highest BCUT2D eigenvalue weighted by atomic mass is 79.9. The molecule has 0 radical (unpaired) electrons. The van der Waals surface area contributed by atoms with Gasteiger partial charge in [-0.1, -0.05) is 22.0 Å². The van der Waals surface area contributed by atoms with Gasteiger partial charge in [0.2, 0.25) is 0 Å². The van der Waals surface area contributed by atoms with Crippen LogP contribution in [0.25, 0.3) is 0 Å². The van der Waals surface area contributed by atoms with E-state index in [1.54, 1.807) is 12.1 Å². The Bertz CT molecular complexity index is 760. The first-order valence-electron chi connectivity index (χ1n) is 7.25. The minimum absolute atomic E-state index is 0.102. The van der Waals surface area contributed by atoms with Gasteiger partial charge < -0.3 is 15.3 Å². The van der Waals surface area contributed by atoms with Gasteiger partial charge in [0.15, 0.2) is 0 Å². The standard InChI is InChI=1S/C17H15BrN2O2/c18-12-2-4-13(5-3-12)20-8-7-17(16(20)22)10-11-1-6-14(21)9-15(11)19-17/h1-6,9,19,21H,7-8,10H2. The maximum atomic E-state index is 13.0. The Labute approximate surface area is 136 Å². The summed E-state index contributed by atoms with van der Waals surface area (Å²) in [6.45, 7) is 0.702. The molecule has 2 heterocycles. The Morgan fingerprint density at radius 2 is 1.95 bits per heavy atom. The van der Waals surface area contributed by atoms with Crippen LogP contribution in [0, 0.1) is 0 Å². The first kappa shape index (κ1) is 13.6. The number of amides is 1. The topological polar surface area (TPSA) is 52.6 Å². The number of carbonyl (C=O) groups excluding carboxylic acids is 1. The van der Waals surface area contributed by atoms with Gasteiger partial charge in [-0.05, 0) is 42.3 Å². The van der Waals surface area contributed by atoms with Crippen molar-refractivity contribution in [2.75, 3.05) is 16.8 Å². The van der Waals surface area contributed by atoms with Crippen molar-refractivity contribution in [2.24, 2.45) is 0 Å². The van der Waals surface area contributed by atoms with Gasteiger partial charge >= 0.3 is 0 Å². The van der Waals surface area contributed by atoms with Crippen molar-refractivity contribution in [2.45, 2.75) is 18.4 Å². The molecule has 112 valence electrons. The molecule has 0 bridgehead atoms. The third-order valence-corrected chi connectivity index (χ3v) is 5.04. The van der Waals surface area contributed by atoms with E-state index < -0.39 is 5.54 Å². The number of benzene rings is 2. The lowest BCUT2D eigenvalue weighted by Crippen LogP contribution is -2.45. The van der Waals surface area contributed by atoms with E-state index in [2.05, 4.69) is 21.2 Å². The number of rotatable bonds is 1. The first-order valence-corrected chi connectivity index (χ1v) is 8.04. The smallest absolute Gasteiger partial charge is 0.253 e. The highest BCUT2D eigenvalue weighted by Crippen LogP contribution is 2.41. The molecule has 1 amide bonds. The molecule has 2 aromatic carbocycles.